The number of rotatable bonds is 6. The average Bonchev–Trinajstić information content (AvgIpc) is 2.57. The molecule has 0 fully saturated rings. The van der Waals surface area contributed by atoms with Gasteiger partial charge in [0, 0.05) is 23.3 Å². The van der Waals surface area contributed by atoms with E-state index < -0.39 is 17.6 Å². The highest BCUT2D eigenvalue weighted by Gasteiger charge is 2.27. The third-order valence-electron chi connectivity index (χ3n) is 3.25. The van der Waals surface area contributed by atoms with Crippen molar-refractivity contribution < 1.29 is 9.59 Å². The Hall–Kier alpha value is -2.17. The van der Waals surface area contributed by atoms with Crippen LogP contribution in [-0.4, -0.2) is 24.4 Å². The minimum atomic E-state index is -1.06. The summed E-state index contributed by atoms with van der Waals surface area (Å²) in [7, 11) is 0. The van der Waals surface area contributed by atoms with Crippen molar-refractivity contribution >= 4 is 46.8 Å². The number of hydrogen-bond acceptors (Lipinski definition) is 3. The third kappa shape index (κ3) is 4.66. The van der Waals surface area contributed by atoms with Crippen molar-refractivity contribution in [3.8, 4) is 0 Å². The van der Waals surface area contributed by atoms with Crippen LogP contribution in [0.15, 0.2) is 53.5 Å². The minimum absolute atomic E-state index is 0.290. The summed E-state index contributed by atoms with van der Waals surface area (Å²) in [6.45, 7) is 2.20. The first kappa shape index (κ1) is 18.2. The van der Waals surface area contributed by atoms with Crippen molar-refractivity contribution in [2.24, 2.45) is 10.9 Å². The standard InChI is InChI=1S/C18H16Cl2N2O2/c1-2-21-18(24)15(11-22-13-9-7-12(19)8-10-13)17(23)14-5-3-4-6-16(14)20/h3-11,15H,2H2,1H3,(H,21,24). The highest BCUT2D eigenvalue weighted by molar-refractivity contribution is 6.35. The van der Waals surface area contributed by atoms with Crippen LogP contribution in [0.2, 0.25) is 10.0 Å². The van der Waals surface area contributed by atoms with E-state index in [0.29, 0.717) is 22.3 Å². The zero-order valence-electron chi connectivity index (χ0n) is 13.0. The van der Waals surface area contributed by atoms with Gasteiger partial charge in [-0.1, -0.05) is 35.3 Å². The lowest BCUT2D eigenvalue weighted by Gasteiger charge is -2.12. The lowest BCUT2D eigenvalue weighted by Crippen LogP contribution is -2.36. The molecule has 124 valence electrons. The van der Waals surface area contributed by atoms with Crippen LogP contribution in [0, 0.1) is 5.92 Å². The summed E-state index contributed by atoms with van der Waals surface area (Å²) in [5.74, 6) is -1.87. The van der Waals surface area contributed by atoms with E-state index >= 15 is 0 Å². The quantitative estimate of drug-likeness (QED) is 0.472. The second-order valence-corrected chi connectivity index (χ2v) is 5.81. The Kier molecular flexibility index (Phi) is 6.53. The number of carbonyl (C=O) groups excluding carboxylic acids is 2. The van der Waals surface area contributed by atoms with E-state index in [1.807, 2.05) is 0 Å². The third-order valence-corrected chi connectivity index (χ3v) is 3.84. The van der Waals surface area contributed by atoms with Crippen LogP contribution in [0.3, 0.4) is 0 Å². The van der Waals surface area contributed by atoms with Crippen LogP contribution in [-0.2, 0) is 4.79 Å². The lowest BCUT2D eigenvalue weighted by atomic mass is 9.97. The molecule has 0 bridgehead atoms. The molecule has 0 aliphatic carbocycles. The van der Waals surface area contributed by atoms with Gasteiger partial charge in [0.15, 0.2) is 5.78 Å². The van der Waals surface area contributed by atoms with Crippen LogP contribution < -0.4 is 5.32 Å². The van der Waals surface area contributed by atoms with Gasteiger partial charge >= 0.3 is 0 Å². The second-order valence-electron chi connectivity index (χ2n) is 4.97. The molecule has 0 saturated carbocycles. The molecule has 4 nitrogen and oxygen atoms in total. The number of Topliss-reactive ketones (excluding diaryl/α,β-unsaturated/α-hetero) is 1. The molecule has 0 heterocycles. The van der Waals surface area contributed by atoms with Crippen molar-refractivity contribution in [3.05, 3.63) is 64.1 Å². The number of nitrogens with zero attached hydrogens (tertiary/aromatic N) is 1. The summed E-state index contributed by atoms with van der Waals surface area (Å²) in [4.78, 5) is 29.2. The van der Waals surface area contributed by atoms with Gasteiger partial charge < -0.3 is 5.32 Å². The summed E-state index contributed by atoms with van der Waals surface area (Å²) < 4.78 is 0. The van der Waals surface area contributed by atoms with Crippen LogP contribution in [0.4, 0.5) is 5.69 Å². The number of hydrogen-bond donors (Lipinski definition) is 1. The van der Waals surface area contributed by atoms with Gasteiger partial charge in [-0.25, -0.2) is 0 Å². The first-order valence-corrected chi connectivity index (χ1v) is 8.14. The van der Waals surface area contributed by atoms with Gasteiger partial charge in [-0.2, -0.15) is 0 Å². The van der Waals surface area contributed by atoms with Crippen molar-refractivity contribution in [2.45, 2.75) is 6.92 Å². The molecule has 6 heteroatoms. The Balaban J connectivity index is 2.31. The fourth-order valence-electron chi connectivity index (χ4n) is 2.05. The molecule has 0 spiro atoms. The Labute approximate surface area is 150 Å². The molecule has 2 aromatic carbocycles. The topological polar surface area (TPSA) is 58.5 Å². The zero-order chi connectivity index (χ0) is 17.5. The predicted octanol–water partition coefficient (Wildman–Crippen LogP) is 4.33. The molecule has 0 saturated heterocycles. The van der Waals surface area contributed by atoms with E-state index in [2.05, 4.69) is 10.3 Å². The number of nitrogens with one attached hydrogen (secondary N) is 1. The maximum atomic E-state index is 12.7. The number of halogens is 2. The van der Waals surface area contributed by atoms with Crippen LogP contribution >= 0.6 is 23.2 Å². The van der Waals surface area contributed by atoms with Gasteiger partial charge in [0.25, 0.3) is 0 Å². The minimum Gasteiger partial charge on any atom is -0.355 e. The van der Waals surface area contributed by atoms with Crippen molar-refractivity contribution in [1.82, 2.24) is 5.32 Å². The predicted molar refractivity (Wildman–Crippen MR) is 97.6 cm³/mol. The fraction of sp³-hybridized carbons (Fsp3) is 0.167. The Bertz CT molecular complexity index is 758. The van der Waals surface area contributed by atoms with E-state index in [1.165, 1.54) is 6.21 Å². The number of ketones is 1. The summed E-state index contributed by atoms with van der Waals surface area (Å²) in [5, 5.41) is 3.53. The molecule has 0 aromatic heterocycles. The van der Waals surface area contributed by atoms with Gasteiger partial charge in [0.05, 0.1) is 10.7 Å². The number of amides is 1. The largest absolute Gasteiger partial charge is 0.355 e. The van der Waals surface area contributed by atoms with Crippen molar-refractivity contribution in [1.29, 1.82) is 0 Å². The van der Waals surface area contributed by atoms with E-state index in [9.17, 15) is 9.59 Å². The molecule has 2 rings (SSSR count). The van der Waals surface area contributed by atoms with Gasteiger partial charge in [-0.05, 0) is 43.3 Å². The molecule has 1 atom stereocenters. The van der Waals surface area contributed by atoms with Crippen LogP contribution in [0.1, 0.15) is 17.3 Å². The molecule has 24 heavy (non-hydrogen) atoms. The molecule has 0 radical (unpaired) electrons. The molecular formula is C18H16Cl2N2O2. The van der Waals surface area contributed by atoms with Crippen LogP contribution in [0.5, 0.6) is 0 Å². The van der Waals surface area contributed by atoms with Gasteiger partial charge in [0.2, 0.25) is 5.91 Å². The average molecular weight is 363 g/mol. The fourth-order valence-corrected chi connectivity index (χ4v) is 2.41. The highest BCUT2D eigenvalue weighted by atomic mass is 35.5. The van der Waals surface area contributed by atoms with Crippen LogP contribution in [0.25, 0.3) is 0 Å². The van der Waals surface area contributed by atoms with Gasteiger partial charge in [-0.15, -0.1) is 0 Å². The number of aliphatic imine (C=N–C) groups is 1. The first-order chi connectivity index (χ1) is 11.5. The van der Waals surface area contributed by atoms with Gasteiger partial charge in [0.1, 0.15) is 5.92 Å². The Morgan fingerprint density at radius 1 is 1.12 bits per heavy atom. The Morgan fingerprint density at radius 3 is 2.42 bits per heavy atom. The number of benzene rings is 2. The van der Waals surface area contributed by atoms with E-state index in [0.717, 1.165) is 0 Å². The normalized spacial score (nSPS) is 12.1. The molecular weight excluding hydrogens is 347 g/mol. The molecule has 0 aliphatic heterocycles. The summed E-state index contributed by atoms with van der Waals surface area (Å²) in [5.41, 5.74) is 0.888. The summed E-state index contributed by atoms with van der Waals surface area (Å²) in [6, 6.07) is 13.4. The molecule has 1 unspecified atom stereocenters. The lowest BCUT2D eigenvalue weighted by molar-refractivity contribution is -0.121. The summed E-state index contributed by atoms with van der Waals surface area (Å²) in [6.07, 6.45) is 1.33. The highest BCUT2D eigenvalue weighted by Crippen LogP contribution is 2.20. The molecule has 1 amide bonds. The van der Waals surface area contributed by atoms with E-state index in [-0.39, 0.29) is 5.56 Å². The summed E-state index contributed by atoms with van der Waals surface area (Å²) >= 11 is 11.9. The Morgan fingerprint density at radius 2 is 1.79 bits per heavy atom. The number of carbonyl (C=O) groups is 2. The SMILES string of the molecule is CCNC(=O)C(C=Nc1ccc(Cl)cc1)C(=O)c1ccccc1Cl. The van der Waals surface area contributed by atoms with Gasteiger partial charge in [-0.3, -0.25) is 14.6 Å². The smallest absolute Gasteiger partial charge is 0.236 e. The molecule has 2 aromatic rings. The van der Waals surface area contributed by atoms with Crippen molar-refractivity contribution in [2.75, 3.05) is 6.54 Å². The maximum absolute atomic E-state index is 12.7. The second kappa shape index (κ2) is 8.62. The molecule has 0 aliphatic rings. The maximum Gasteiger partial charge on any atom is 0.236 e. The first-order valence-electron chi connectivity index (χ1n) is 7.39. The van der Waals surface area contributed by atoms with E-state index in [4.69, 9.17) is 23.2 Å². The molecule has 1 N–H and O–H groups in total. The monoisotopic (exact) mass is 362 g/mol. The zero-order valence-corrected chi connectivity index (χ0v) is 14.5. The van der Waals surface area contributed by atoms with E-state index in [1.54, 1.807) is 55.5 Å². The van der Waals surface area contributed by atoms with Crippen molar-refractivity contribution in [3.63, 3.8) is 0 Å².